The Hall–Kier alpha value is -0.711. The van der Waals surface area contributed by atoms with Crippen molar-refractivity contribution in [2.24, 2.45) is 16.5 Å². The van der Waals surface area contributed by atoms with Crippen LogP contribution in [0.4, 0.5) is 0 Å². The van der Waals surface area contributed by atoms with Gasteiger partial charge in [-0.2, -0.15) is 0 Å². The minimum atomic E-state index is -1.94. The summed E-state index contributed by atoms with van der Waals surface area (Å²) in [6, 6.07) is 8.61. The predicted molar refractivity (Wildman–Crippen MR) is 68.9 cm³/mol. The second-order valence-electron chi connectivity index (χ2n) is 4.69. The molecular weight excluding hydrogens is 293 g/mol. The van der Waals surface area contributed by atoms with Gasteiger partial charge in [-0.1, -0.05) is 0 Å². The van der Waals surface area contributed by atoms with Crippen LogP contribution in [0, 0.1) is 0 Å². The summed E-state index contributed by atoms with van der Waals surface area (Å²) in [7, 11) is 0. The molecule has 4 N–H and O–H groups in total. The molecule has 0 aliphatic heterocycles. The van der Waals surface area contributed by atoms with Gasteiger partial charge in [-0.05, 0) is 0 Å². The van der Waals surface area contributed by atoms with Crippen LogP contribution >= 0.6 is 0 Å². The normalized spacial score (nSPS) is 11.1. The van der Waals surface area contributed by atoms with Crippen molar-refractivity contribution >= 4 is 27.9 Å². The van der Waals surface area contributed by atoms with Crippen LogP contribution in [-0.4, -0.2) is 24.3 Å². The third kappa shape index (κ3) is 4.11. The second-order valence-corrected chi connectivity index (χ2v) is 19.2. The Morgan fingerprint density at radius 1 is 1.27 bits per heavy atom. The van der Waals surface area contributed by atoms with Crippen molar-refractivity contribution < 1.29 is 0 Å². The summed E-state index contributed by atoms with van der Waals surface area (Å²) in [4.78, 5) is 11.2. The molecule has 0 aliphatic carbocycles. The molecule has 82 valence electrons. The zero-order chi connectivity index (χ0) is 11.5. The van der Waals surface area contributed by atoms with E-state index in [0.717, 1.165) is 0 Å². The molecule has 0 fully saturated rings. The molecule has 0 heterocycles. The summed E-state index contributed by atoms with van der Waals surface area (Å²) in [5.74, 6) is 0.152. The molecule has 0 amide bonds. The van der Waals surface area contributed by atoms with Gasteiger partial charge in [0, 0.05) is 0 Å². The van der Waals surface area contributed by atoms with Crippen LogP contribution in [0.15, 0.2) is 29.3 Å². The molecule has 0 aromatic heterocycles. The minimum absolute atomic E-state index is 0.152. The standard InChI is InChI=1S/C8H10N3.3CH3.Sn/c9-8(10)11-6-7-4-2-1-3-5-7;;;;/h1-2,4-5H,6H2,(H4,9,10,11);3*1H3;. The molecule has 3 nitrogen and oxygen atoms in total. The van der Waals surface area contributed by atoms with Gasteiger partial charge in [0.15, 0.2) is 0 Å². The first kappa shape index (κ1) is 12.4. The Balaban J connectivity index is 2.89. The Labute approximate surface area is 95.4 Å². The monoisotopic (exact) mass is 313 g/mol. The van der Waals surface area contributed by atoms with Crippen LogP contribution in [0.25, 0.3) is 0 Å². The Morgan fingerprint density at radius 2 is 1.93 bits per heavy atom. The average molecular weight is 312 g/mol. The summed E-state index contributed by atoms with van der Waals surface area (Å²) in [5, 5.41) is 0. The molecule has 0 radical (unpaired) electrons. The molecule has 1 aromatic rings. The maximum atomic E-state index is 5.30. The van der Waals surface area contributed by atoms with E-state index in [0.29, 0.717) is 6.54 Å². The van der Waals surface area contributed by atoms with Gasteiger partial charge in [-0.25, -0.2) is 0 Å². The molecule has 1 rings (SSSR count). The van der Waals surface area contributed by atoms with E-state index in [9.17, 15) is 0 Å². The fraction of sp³-hybridized carbons (Fsp3) is 0.364. The van der Waals surface area contributed by atoms with Crippen molar-refractivity contribution in [2.75, 3.05) is 0 Å². The summed E-state index contributed by atoms with van der Waals surface area (Å²) in [6.45, 7) is 0.581. The van der Waals surface area contributed by atoms with Crippen molar-refractivity contribution in [2.45, 2.75) is 21.4 Å². The van der Waals surface area contributed by atoms with E-state index in [4.69, 9.17) is 11.5 Å². The van der Waals surface area contributed by atoms with E-state index in [1.165, 1.54) is 9.14 Å². The number of rotatable bonds is 3. The van der Waals surface area contributed by atoms with Crippen LogP contribution in [0.3, 0.4) is 0 Å². The number of hydrogen-bond donors (Lipinski definition) is 2. The van der Waals surface area contributed by atoms with Gasteiger partial charge in [0.05, 0.1) is 0 Å². The molecule has 0 atom stereocenters. The van der Waals surface area contributed by atoms with Crippen LogP contribution in [0.1, 0.15) is 5.56 Å². The van der Waals surface area contributed by atoms with Crippen molar-refractivity contribution in [3.8, 4) is 0 Å². The van der Waals surface area contributed by atoms with Gasteiger partial charge in [0.2, 0.25) is 0 Å². The average Bonchev–Trinajstić information content (AvgIpc) is 2.14. The zero-order valence-corrected chi connectivity index (χ0v) is 12.5. The summed E-state index contributed by atoms with van der Waals surface area (Å²) in [5.41, 5.74) is 11.8. The predicted octanol–water partition coefficient (Wildman–Crippen LogP) is 1.01. The molecular formula is C11H19N3Sn. The Bertz CT molecular complexity index is 362. The van der Waals surface area contributed by atoms with Gasteiger partial charge in [0.25, 0.3) is 0 Å². The van der Waals surface area contributed by atoms with E-state index in [1.54, 1.807) is 0 Å². The van der Waals surface area contributed by atoms with Crippen molar-refractivity contribution in [1.82, 2.24) is 0 Å². The van der Waals surface area contributed by atoms with E-state index >= 15 is 0 Å². The summed E-state index contributed by atoms with van der Waals surface area (Å²) < 4.78 is 1.51. The van der Waals surface area contributed by atoms with Gasteiger partial charge in [0.1, 0.15) is 0 Å². The zero-order valence-electron chi connectivity index (χ0n) is 9.62. The third-order valence-electron chi connectivity index (χ3n) is 2.24. The van der Waals surface area contributed by atoms with Crippen LogP contribution < -0.4 is 15.0 Å². The first-order valence-electron chi connectivity index (χ1n) is 5.04. The van der Waals surface area contributed by atoms with Crippen molar-refractivity contribution in [1.29, 1.82) is 0 Å². The first-order chi connectivity index (χ1) is 6.89. The number of hydrogen-bond acceptors (Lipinski definition) is 1. The van der Waals surface area contributed by atoms with Crippen LogP contribution in [-0.2, 0) is 6.54 Å². The van der Waals surface area contributed by atoms with Gasteiger partial charge in [-0.3, -0.25) is 0 Å². The first-order valence-corrected chi connectivity index (χ1v) is 15.0. The fourth-order valence-corrected chi connectivity index (χ4v) is 4.79. The van der Waals surface area contributed by atoms with E-state index in [2.05, 4.69) is 44.1 Å². The van der Waals surface area contributed by atoms with Crippen molar-refractivity contribution in [3.63, 3.8) is 0 Å². The fourth-order valence-electron chi connectivity index (χ4n) is 1.32. The summed E-state index contributed by atoms with van der Waals surface area (Å²) >= 11 is -1.94. The number of nitrogens with zero attached hydrogens (tertiary/aromatic N) is 1. The SMILES string of the molecule is [CH3][Sn]([CH3])([CH3])[c]1cccc(CN=C(N)N)c1. The van der Waals surface area contributed by atoms with Crippen LogP contribution in [0.5, 0.6) is 0 Å². The van der Waals surface area contributed by atoms with Gasteiger partial charge < -0.3 is 0 Å². The van der Waals surface area contributed by atoms with Gasteiger partial charge in [-0.15, -0.1) is 0 Å². The second kappa shape index (κ2) is 4.88. The van der Waals surface area contributed by atoms with Crippen LogP contribution in [0.2, 0.25) is 14.8 Å². The summed E-state index contributed by atoms with van der Waals surface area (Å²) in [6.07, 6.45) is 0. The van der Waals surface area contributed by atoms with E-state index < -0.39 is 18.4 Å². The molecule has 0 aliphatic rings. The number of guanidine groups is 1. The molecule has 0 saturated heterocycles. The third-order valence-corrected chi connectivity index (χ3v) is 8.07. The number of benzene rings is 1. The van der Waals surface area contributed by atoms with E-state index in [1.807, 2.05) is 0 Å². The molecule has 1 aromatic carbocycles. The molecule has 0 unspecified atom stereocenters. The van der Waals surface area contributed by atoms with Crippen molar-refractivity contribution in [3.05, 3.63) is 29.8 Å². The molecule has 4 heteroatoms. The molecule has 0 bridgehead atoms. The Kier molecular flexibility index (Phi) is 4.02. The Morgan fingerprint density at radius 3 is 2.47 bits per heavy atom. The molecule has 15 heavy (non-hydrogen) atoms. The topological polar surface area (TPSA) is 64.4 Å². The quantitative estimate of drug-likeness (QED) is 0.497. The molecule has 0 spiro atoms. The van der Waals surface area contributed by atoms with Gasteiger partial charge >= 0.3 is 95.6 Å². The maximum absolute atomic E-state index is 5.30. The number of aliphatic imine (C=N–C) groups is 1. The molecule has 0 saturated carbocycles. The number of nitrogens with two attached hydrogens (primary N) is 2. The van der Waals surface area contributed by atoms with E-state index in [-0.39, 0.29) is 5.96 Å².